The first-order chi connectivity index (χ1) is 13.5. The number of anilines is 2. The number of carbonyl (C=O) groups excluding carboxylic acids is 1. The van der Waals surface area contributed by atoms with Gasteiger partial charge in [0.1, 0.15) is 12.4 Å². The summed E-state index contributed by atoms with van der Waals surface area (Å²) in [6.07, 6.45) is 1.66. The number of pyridine rings is 1. The van der Waals surface area contributed by atoms with Gasteiger partial charge < -0.3 is 14.8 Å². The highest BCUT2D eigenvalue weighted by atomic mass is 16.5. The monoisotopic (exact) mass is 378 g/mol. The second-order valence-electron chi connectivity index (χ2n) is 7.03. The Hall–Kier alpha value is -2.92. The van der Waals surface area contributed by atoms with E-state index in [0.29, 0.717) is 24.5 Å². The zero-order valence-electron chi connectivity index (χ0n) is 16.8. The van der Waals surface area contributed by atoms with Gasteiger partial charge in [-0.3, -0.25) is 9.78 Å². The van der Waals surface area contributed by atoms with Crippen molar-refractivity contribution in [2.45, 2.75) is 20.8 Å². The van der Waals surface area contributed by atoms with Crippen molar-refractivity contribution >= 4 is 28.1 Å². The van der Waals surface area contributed by atoms with Gasteiger partial charge in [0.15, 0.2) is 5.78 Å². The van der Waals surface area contributed by atoms with E-state index in [2.05, 4.69) is 10.3 Å². The van der Waals surface area contributed by atoms with Crippen LogP contribution < -0.4 is 10.1 Å². The van der Waals surface area contributed by atoms with Crippen molar-refractivity contribution < 1.29 is 14.3 Å². The molecule has 1 N–H and O–H groups in total. The van der Waals surface area contributed by atoms with Gasteiger partial charge in [-0.05, 0) is 36.8 Å². The minimum Gasteiger partial charge on any atom is -0.491 e. The van der Waals surface area contributed by atoms with E-state index in [1.807, 2.05) is 63.2 Å². The van der Waals surface area contributed by atoms with Crippen LogP contribution in [0.25, 0.3) is 10.9 Å². The number of hydrogen-bond donors (Lipinski definition) is 1. The molecule has 0 unspecified atom stereocenters. The van der Waals surface area contributed by atoms with E-state index in [9.17, 15) is 4.79 Å². The largest absolute Gasteiger partial charge is 0.491 e. The summed E-state index contributed by atoms with van der Waals surface area (Å²) in [6.45, 7) is 6.80. The van der Waals surface area contributed by atoms with Crippen LogP contribution in [0.3, 0.4) is 0 Å². The Kier molecular flexibility index (Phi) is 6.26. The van der Waals surface area contributed by atoms with E-state index in [-0.39, 0.29) is 11.7 Å². The van der Waals surface area contributed by atoms with E-state index in [4.69, 9.17) is 9.47 Å². The van der Waals surface area contributed by atoms with Gasteiger partial charge in [0.25, 0.3) is 0 Å². The molecule has 0 amide bonds. The summed E-state index contributed by atoms with van der Waals surface area (Å²) in [4.78, 5) is 17.4. The molecule has 0 saturated heterocycles. The van der Waals surface area contributed by atoms with E-state index < -0.39 is 0 Å². The van der Waals surface area contributed by atoms with Gasteiger partial charge in [0.05, 0.1) is 23.4 Å². The molecule has 0 aliphatic carbocycles. The summed E-state index contributed by atoms with van der Waals surface area (Å²) < 4.78 is 10.8. The van der Waals surface area contributed by atoms with Crippen molar-refractivity contribution in [3.8, 4) is 5.75 Å². The second-order valence-corrected chi connectivity index (χ2v) is 7.03. The molecule has 0 spiro atoms. The third-order valence-electron chi connectivity index (χ3n) is 4.59. The van der Waals surface area contributed by atoms with Gasteiger partial charge in [-0.1, -0.05) is 32.0 Å². The molecule has 5 nitrogen and oxygen atoms in total. The highest BCUT2D eigenvalue weighted by Crippen LogP contribution is 2.33. The normalized spacial score (nSPS) is 11.0. The van der Waals surface area contributed by atoms with Gasteiger partial charge in [-0.2, -0.15) is 0 Å². The molecule has 28 heavy (non-hydrogen) atoms. The van der Waals surface area contributed by atoms with Gasteiger partial charge in [-0.25, -0.2) is 0 Å². The molecule has 2 aromatic carbocycles. The third-order valence-corrected chi connectivity index (χ3v) is 4.59. The van der Waals surface area contributed by atoms with Crippen LogP contribution >= 0.6 is 0 Å². The van der Waals surface area contributed by atoms with Crippen LogP contribution in [0, 0.1) is 12.8 Å². The predicted molar refractivity (Wildman–Crippen MR) is 113 cm³/mol. The molecule has 0 atom stereocenters. The van der Waals surface area contributed by atoms with Crippen LogP contribution in [0.2, 0.25) is 0 Å². The van der Waals surface area contributed by atoms with Crippen molar-refractivity contribution in [1.82, 2.24) is 4.98 Å². The number of nitrogens with one attached hydrogen (secondary N) is 1. The fourth-order valence-electron chi connectivity index (χ4n) is 2.98. The van der Waals surface area contributed by atoms with Crippen molar-refractivity contribution in [1.29, 1.82) is 0 Å². The van der Waals surface area contributed by atoms with E-state index in [1.165, 1.54) is 0 Å². The molecule has 0 aliphatic rings. The molecule has 0 aliphatic heterocycles. The number of ketones is 1. The van der Waals surface area contributed by atoms with E-state index in [1.54, 1.807) is 13.3 Å². The lowest BCUT2D eigenvalue weighted by atomic mass is 9.98. The Bertz CT molecular complexity index is 983. The molecule has 0 saturated carbocycles. The first kappa shape index (κ1) is 19.8. The zero-order valence-corrected chi connectivity index (χ0v) is 16.8. The van der Waals surface area contributed by atoms with Crippen LogP contribution in [0.4, 0.5) is 11.4 Å². The molecule has 5 heteroatoms. The van der Waals surface area contributed by atoms with Crippen LogP contribution in [0.15, 0.2) is 48.7 Å². The number of fused-ring (bicyclic) bond motifs is 1. The number of methoxy groups -OCH3 is 1. The first-order valence-corrected chi connectivity index (χ1v) is 9.42. The summed E-state index contributed by atoms with van der Waals surface area (Å²) in [5.74, 6) is 0.641. The number of carbonyl (C=O) groups is 1. The maximum absolute atomic E-state index is 12.9. The standard InChI is InChI=1S/C23H26N2O3/c1-15(2)23(26)19-14-24-21-10-9-17(28-12-11-27-4)13-18(21)22(19)25-20-8-6-5-7-16(20)3/h5-10,13-15H,11-12H2,1-4H3,(H,24,25). The first-order valence-electron chi connectivity index (χ1n) is 9.42. The molecule has 1 heterocycles. The highest BCUT2D eigenvalue weighted by Gasteiger charge is 2.19. The number of ether oxygens (including phenoxy) is 2. The zero-order chi connectivity index (χ0) is 20.1. The minimum absolute atomic E-state index is 0.0520. The Labute approximate surface area is 165 Å². The molecule has 1 aromatic heterocycles. The van der Waals surface area contributed by atoms with Gasteiger partial charge in [0, 0.05) is 30.3 Å². The van der Waals surface area contributed by atoms with E-state index >= 15 is 0 Å². The Morgan fingerprint density at radius 1 is 1.14 bits per heavy atom. The second kappa shape index (κ2) is 8.85. The highest BCUT2D eigenvalue weighted by molar-refractivity contribution is 6.09. The average Bonchev–Trinajstić information content (AvgIpc) is 2.69. The summed E-state index contributed by atoms with van der Waals surface area (Å²) in [5, 5.41) is 4.32. The summed E-state index contributed by atoms with van der Waals surface area (Å²) in [5.41, 5.74) is 4.20. The molecule has 0 fully saturated rings. The van der Waals surface area contributed by atoms with Crippen molar-refractivity contribution in [2.75, 3.05) is 25.6 Å². The van der Waals surface area contributed by atoms with Crippen LogP contribution in [-0.2, 0) is 4.74 Å². The van der Waals surface area contributed by atoms with Gasteiger partial charge in [0.2, 0.25) is 0 Å². The maximum Gasteiger partial charge on any atom is 0.169 e. The number of aromatic nitrogens is 1. The third kappa shape index (κ3) is 4.31. The lowest BCUT2D eigenvalue weighted by molar-refractivity contribution is 0.0940. The Balaban J connectivity index is 2.13. The number of hydrogen-bond acceptors (Lipinski definition) is 5. The predicted octanol–water partition coefficient (Wildman–Crippen LogP) is 5.15. The van der Waals surface area contributed by atoms with Crippen molar-refractivity contribution in [2.24, 2.45) is 5.92 Å². The quantitative estimate of drug-likeness (QED) is 0.434. The molecular formula is C23H26N2O3. The lowest BCUT2D eigenvalue weighted by Crippen LogP contribution is -2.11. The molecule has 0 bridgehead atoms. The molecule has 146 valence electrons. The van der Waals surface area contributed by atoms with Crippen LogP contribution in [0.5, 0.6) is 5.75 Å². The van der Waals surface area contributed by atoms with Gasteiger partial charge >= 0.3 is 0 Å². The summed E-state index contributed by atoms with van der Waals surface area (Å²) in [6, 6.07) is 13.7. The smallest absolute Gasteiger partial charge is 0.169 e. The maximum atomic E-state index is 12.9. The number of rotatable bonds is 8. The number of para-hydroxylation sites is 1. The summed E-state index contributed by atoms with van der Waals surface area (Å²) >= 11 is 0. The average molecular weight is 378 g/mol. The number of benzene rings is 2. The molecular weight excluding hydrogens is 352 g/mol. The number of Topliss-reactive ketones (excluding diaryl/α,β-unsaturated/α-hetero) is 1. The Morgan fingerprint density at radius 3 is 2.64 bits per heavy atom. The molecule has 3 rings (SSSR count). The van der Waals surface area contributed by atoms with Crippen molar-refractivity contribution in [3.63, 3.8) is 0 Å². The fourth-order valence-corrected chi connectivity index (χ4v) is 2.98. The lowest BCUT2D eigenvalue weighted by Gasteiger charge is -2.17. The SMILES string of the molecule is COCCOc1ccc2ncc(C(=O)C(C)C)c(Nc3ccccc3C)c2c1. The number of nitrogens with zero attached hydrogens (tertiary/aromatic N) is 1. The Morgan fingerprint density at radius 2 is 1.93 bits per heavy atom. The topological polar surface area (TPSA) is 60.5 Å². The van der Waals surface area contributed by atoms with Gasteiger partial charge in [-0.15, -0.1) is 0 Å². The molecule has 3 aromatic rings. The summed E-state index contributed by atoms with van der Waals surface area (Å²) in [7, 11) is 1.64. The minimum atomic E-state index is -0.127. The van der Waals surface area contributed by atoms with Crippen LogP contribution in [-0.4, -0.2) is 31.1 Å². The van der Waals surface area contributed by atoms with Crippen molar-refractivity contribution in [3.05, 3.63) is 59.8 Å². The van der Waals surface area contributed by atoms with E-state index in [0.717, 1.165) is 27.8 Å². The fraction of sp³-hybridized carbons (Fsp3) is 0.304. The molecule has 0 radical (unpaired) electrons. The number of aryl methyl sites for hydroxylation is 1. The van der Waals surface area contributed by atoms with Crippen LogP contribution in [0.1, 0.15) is 29.8 Å².